The Morgan fingerprint density at radius 3 is 2.71 bits per heavy atom. The number of benzene rings is 1. The molecule has 0 unspecified atom stereocenters. The number of hydrogen-bond acceptors (Lipinski definition) is 2. The van der Waals surface area contributed by atoms with Crippen LogP contribution in [0.3, 0.4) is 0 Å². The van der Waals surface area contributed by atoms with E-state index in [0.29, 0.717) is 11.1 Å². The second kappa shape index (κ2) is 4.01. The van der Waals surface area contributed by atoms with Crippen molar-refractivity contribution >= 4 is 5.97 Å². The van der Waals surface area contributed by atoms with Crippen LogP contribution in [0.1, 0.15) is 16.1 Å². The quantitative estimate of drug-likeness (QED) is 0.866. The maximum absolute atomic E-state index is 13.3. The Morgan fingerprint density at radius 1 is 1.41 bits per heavy atom. The number of hydrogen-bond donors (Lipinski definition) is 1. The lowest BCUT2D eigenvalue weighted by atomic mass is 10.0. The summed E-state index contributed by atoms with van der Waals surface area (Å²) >= 11 is 0. The minimum absolute atomic E-state index is 0.0718. The van der Waals surface area contributed by atoms with E-state index in [1.54, 1.807) is 26.2 Å². The number of aromatic carboxylic acids is 1. The Labute approximate surface area is 97.3 Å². The lowest BCUT2D eigenvalue weighted by Gasteiger charge is -2.01. The Morgan fingerprint density at radius 2 is 2.12 bits per heavy atom. The van der Waals surface area contributed by atoms with E-state index in [4.69, 9.17) is 5.11 Å². The van der Waals surface area contributed by atoms with Crippen LogP contribution in [0.25, 0.3) is 11.1 Å². The molecule has 1 N–H and O–H groups in total. The Bertz CT molecular complexity index is 570. The summed E-state index contributed by atoms with van der Waals surface area (Å²) in [5.41, 5.74) is 1.60. The number of aryl methyl sites for hydroxylation is 2. The smallest absolute Gasteiger partial charge is 0.357 e. The van der Waals surface area contributed by atoms with Crippen LogP contribution in [-0.4, -0.2) is 20.9 Å². The fourth-order valence-corrected chi connectivity index (χ4v) is 1.75. The summed E-state index contributed by atoms with van der Waals surface area (Å²) in [4.78, 5) is 11.0. The molecule has 4 nitrogen and oxygen atoms in total. The summed E-state index contributed by atoms with van der Waals surface area (Å²) in [7, 11) is 1.63. The van der Waals surface area contributed by atoms with E-state index in [0.717, 1.165) is 5.56 Å². The van der Waals surface area contributed by atoms with Gasteiger partial charge in [-0.1, -0.05) is 6.07 Å². The molecule has 1 aromatic carbocycles. The molecule has 5 heteroatoms. The molecule has 17 heavy (non-hydrogen) atoms. The summed E-state index contributed by atoms with van der Waals surface area (Å²) in [5.74, 6) is -1.51. The first-order valence-corrected chi connectivity index (χ1v) is 5.02. The summed E-state index contributed by atoms with van der Waals surface area (Å²) in [6, 6.07) is 4.42. The molecule has 0 aliphatic heterocycles. The lowest BCUT2D eigenvalue weighted by molar-refractivity contribution is 0.0690. The Balaban J connectivity index is 2.63. The van der Waals surface area contributed by atoms with Crippen molar-refractivity contribution in [2.24, 2.45) is 7.05 Å². The predicted octanol–water partition coefficient (Wildman–Crippen LogP) is 2.23. The van der Waals surface area contributed by atoms with Crippen molar-refractivity contribution in [3.63, 3.8) is 0 Å². The molecule has 0 radical (unpaired) electrons. The van der Waals surface area contributed by atoms with E-state index in [1.807, 2.05) is 0 Å². The molecule has 0 amide bonds. The molecule has 0 bridgehead atoms. The number of halogens is 1. The zero-order chi connectivity index (χ0) is 12.6. The predicted molar refractivity (Wildman–Crippen MR) is 60.3 cm³/mol. The van der Waals surface area contributed by atoms with Crippen molar-refractivity contribution in [3.8, 4) is 11.1 Å². The zero-order valence-electron chi connectivity index (χ0n) is 9.44. The first-order chi connectivity index (χ1) is 7.97. The van der Waals surface area contributed by atoms with Crippen LogP contribution in [0.5, 0.6) is 0 Å². The Kier molecular flexibility index (Phi) is 2.67. The Hall–Kier alpha value is -2.17. The number of carboxylic acids is 1. The van der Waals surface area contributed by atoms with E-state index in [1.165, 1.54) is 16.8 Å². The molecule has 0 fully saturated rings. The molecule has 0 aliphatic carbocycles. The highest BCUT2D eigenvalue weighted by molar-refractivity contribution is 5.93. The first-order valence-electron chi connectivity index (χ1n) is 5.02. The molecule has 2 rings (SSSR count). The molecule has 0 saturated carbocycles. The highest BCUT2D eigenvalue weighted by atomic mass is 19.1. The number of aromatic nitrogens is 2. The standard InChI is InChI=1S/C12H11FN2O2/c1-7-3-8(5-9(13)4-7)10-6-15(2)14-11(10)12(16)17/h3-6H,1-2H3,(H,16,17). The van der Waals surface area contributed by atoms with E-state index in [-0.39, 0.29) is 11.5 Å². The number of carboxylic acid groups (broad SMARTS) is 1. The van der Waals surface area contributed by atoms with E-state index in [2.05, 4.69) is 5.10 Å². The van der Waals surface area contributed by atoms with E-state index in [9.17, 15) is 9.18 Å². The second-order valence-electron chi connectivity index (χ2n) is 3.89. The van der Waals surface area contributed by atoms with Crippen LogP contribution in [0.4, 0.5) is 4.39 Å². The van der Waals surface area contributed by atoms with Gasteiger partial charge in [0.05, 0.1) is 0 Å². The highest BCUT2D eigenvalue weighted by Crippen LogP contribution is 2.24. The third kappa shape index (κ3) is 2.18. The van der Waals surface area contributed by atoms with Crippen LogP contribution in [0, 0.1) is 12.7 Å². The van der Waals surface area contributed by atoms with Crippen LogP contribution in [-0.2, 0) is 7.05 Å². The van der Waals surface area contributed by atoms with E-state index < -0.39 is 5.97 Å². The fraction of sp³-hybridized carbons (Fsp3) is 0.167. The molecule has 1 aromatic heterocycles. The molecule has 0 spiro atoms. The second-order valence-corrected chi connectivity index (χ2v) is 3.89. The molecule has 1 heterocycles. The van der Waals surface area contributed by atoms with Gasteiger partial charge < -0.3 is 5.11 Å². The zero-order valence-corrected chi connectivity index (χ0v) is 9.44. The van der Waals surface area contributed by atoms with Gasteiger partial charge in [0.2, 0.25) is 0 Å². The van der Waals surface area contributed by atoms with Crippen LogP contribution >= 0.6 is 0 Å². The van der Waals surface area contributed by atoms with Gasteiger partial charge in [-0.3, -0.25) is 4.68 Å². The van der Waals surface area contributed by atoms with Crippen molar-refractivity contribution in [1.82, 2.24) is 9.78 Å². The van der Waals surface area contributed by atoms with Crippen LogP contribution in [0.2, 0.25) is 0 Å². The van der Waals surface area contributed by atoms with Crippen LogP contribution < -0.4 is 0 Å². The van der Waals surface area contributed by atoms with Gasteiger partial charge in [0.25, 0.3) is 0 Å². The average molecular weight is 234 g/mol. The molecule has 0 saturated heterocycles. The highest BCUT2D eigenvalue weighted by Gasteiger charge is 2.16. The van der Waals surface area contributed by atoms with Crippen LogP contribution in [0.15, 0.2) is 24.4 Å². The van der Waals surface area contributed by atoms with Crippen molar-refractivity contribution in [2.75, 3.05) is 0 Å². The third-order valence-electron chi connectivity index (χ3n) is 2.38. The summed E-state index contributed by atoms with van der Waals surface area (Å²) in [6.45, 7) is 1.75. The SMILES string of the molecule is Cc1cc(F)cc(-c2cn(C)nc2C(=O)O)c1. The number of rotatable bonds is 2. The summed E-state index contributed by atoms with van der Waals surface area (Å²) in [6.07, 6.45) is 1.57. The maximum atomic E-state index is 13.3. The molecular formula is C12H11FN2O2. The normalized spacial score (nSPS) is 10.5. The van der Waals surface area contributed by atoms with Gasteiger partial charge >= 0.3 is 5.97 Å². The lowest BCUT2D eigenvalue weighted by Crippen LogP contribution is -2.00. The largest absolute Gasteiger partial charge is 0.476 e. The summed E-state index contributed by atoms with van der Waals surface area (Å²) < 4.78 is 14.7. The van der Waals surface area contributed by atoms with Gasteiger partial charge in [0.1, 0.15) is 5.82 Å². The molecule has 2 aromatic rings. The van der Waals surface area contributed by atoms with Crippen molar-refractivity contribution in [1.29, 1.82) is 0 Å². The monoisotopic (exact) mass is 234 g/mol. The average Bonchev–Trinajstić information content (AvgIpc) is 2.59. The molecule has 0 aliphatic rings. The molecular weight excluding hydrogens is 223 g/mol. The van der Waals surface area contributed by atoms with Gasteiger partial charge in [-0.05, 0) is 30.2 Å². The number of nitrogens with zero attached hydrogens (tertiary/aromatic N) is 2. The minimum Gasteiger partial charge on any atom is -0.476 e. The van der Waals surface area contributed by atoms with Gasteiger partial charge in [-0.15, -0.1) is 0 Å². The van der Waals surface area contributed by atoms with Gasteiger partial charge in [0.15, 0.2) is 5.69 Å². The van der Waals surface area contributed by atoms with Gasteiger partial charge in [-0.2, -0.15) is 5.10 Å². The first kappa shape index (κ1) is 11.3. The maximum Gasteiger partial charge on any atom is 0.357 e. The van der Waals surface area contributed by atoms with Gasteiger partial charge in [0, 0.05) is 18.8 Å². The minimum atomic E-state index is -1.12. The topological polar surface area (TPSA) is 55.1 Å². The van der Waals surface area contributed by atoms with E-state index >= 15 is 0 Å². The molecule has 88 valence electrons. The van der Waals surface area contributed by atoms with Gasteiger partial charge in [-0.25, -0.2) is 9.18 Å². The molecule has 0 atom stereocenters. The van der Waals surface area contributed by atoms with Crippen molar-refractivity contribution < 1.29 is 14.3 Å². The van der Waals surface area contributed by atoms with Crippen molar-refractivity contribution in [2.45, 2.75) is 6.92 Å². The van der Waals surface area contributed by atoms with Crippen molar-refractivity contribution in [3.05, 3.63) is 41.5 Å². The third-order valence-corrected chi connectivity index (χ3v) is 2.38. The fourth-order valence-electron chi connectivity index (χ4n) is 1.75. The number of carbonyl (C=O) groups is 1. The summed E-state index contributed by atoms with van der Waals surface area (Å²) in [5, 5.41) is 12.8.